The second-order valence-corrected chi connectivity index (χ2v) is 6.47. The second-order valence-electron chi connectivity index (χ2n) is 6.47. The Bertz CT molecular complexity index is 311. The maximum Gasteiger partial charge on any atom is -0.0139 e. The van der Waals surface area contributed by atoms with Crippen LogP contribution in [0.2, 0.25) is 0 Å². The average molecular weight is 248 g/mol. The first kappa shape index (κ1) is 15.5. The van der Waals surface area contributed by atoms with Gasteiger partial charge in [-0.25, -0.2) is 0 Å². The molecule has 2 rings (SSSR count). The Morgan fingerprint density at radius 3 is 2.17 bits per heavy atom. The molecule has 0 saturated heterocycles. The largest absolute Gasteiger partial charge is 0.0803 e. The Kier molecular flexibility index (Phi) is 5.69. The fraction of sp³-hybridized carbons (Fsp3) is 0.778. The molecule has 2 aliphatic carbocycles. The Morgan fingerprint density at radius 1 is 1.11 bits per heavy atom. The molecule has 1 unspecified atom stereocenters. The van der Waals surface area contributed by atoms with Crippen molar-refractivity contribution in [3.63, 3.8) is 0 Å². The number of rotatable bonds is 1. The molecular formula is C18H32. The maximum absolute atomic E-state index is 2.52. The molecule has 104 valence electrons. The highest BCUT2D eigenvalue weighted by atomic mass is 14.4. The maximum atomic E-state index is 2.52. The van der Waals surface area contributed by atoms with Crippen LogP contribution in [0.1, 0.15) is 73.6 Å². The molecule has 0 N–H and O–H groups in total. The van der Waals surface area contributed by atoms with Gasteiger partial charge in [0.05, 0.1) is 0 Å². The molecule has 1 atom stereocenters. The molecule has 18 heavy (non-hydrogen) atoms. The van der Waals surface area contributed by atoms with Crippen LogP contribution in [-0.2, 0) is 0 Å². The summed E-state index contributed by atoms with van der Waals surface area (Å²) in [6, 6.07) is 0. The van der Waals surface area contributed by atoms with E-state index in [-0.39, 0.29) is 0 Å². The Hall–Kier alpha value is -0.520. The fourth-order valence-electron chi connectivity index (χ4n) is 3.23. The average Bonchev–Trinajstić information content (AvgIpc) is 2.39. The van der Waals surface area contributed by atoms with Gasteiger partial charge in [0, 0.05) is 0 Å². The zero-order valence-electron chi connectivity index (χ0n) is 13.3. The lowest BCUT2D eigenvalue weighted by molar-refractivity contribution is 0.122. The minimum atomic E-state index is 0.574. The van der Waals surface area contributed by atoms with Gasteiger partial charge in [-0.15, -0.1) is 0 Å². The fourth-order valence-corrected chi connectivity index (χ4v) is 3.23. The first-order chi connectivity index (χ1) is 8.51. The molecule has 0 nitrogen and oxygen atoms in total. The van der Waals surface area contributed by atoms with Gasteiger partial charge < -0.3 is 0 Å². The number of allylic oxidation sites excluding steroid dienone is 4. The van der Waals surface area contributed by atoms with Gasteiger partial charge in [-0.2, -0.15) is 0 Å². The smallest absolute Gasteiger partial charge is 0.0139 e. The van der Waals surface area contributed by atoms with Crippen LogP contribution in [-0.4, -0.2) is 0 Å². The van der Waals surface area contributed by atoms with Crippen molar-refractivity contribution in [2.75, 3.05) is 0 Å². The van der Waals surface area contributed by atoms with Crippen molar-refractivity contribution in [2.45, 2.75) is 73.6 Å². The molecule has 0 radical (unpaired) electrons. The molecule has 0 aromatic heterocycles. The summed E-state index contributed by atoms with van der Waals surface area (Å²) in [5.74, 6) is 1.75. The van der Waals surface area contributed by atoms with E-state index in [0.29, 0.717) is 5.41 Å². The standard InChI is InChI=1S/C16H26.C2H6/c1-12-7-9-16(4,10-8-12)15-6-5-13(2)14(3)11-15;1-2/h5-6,12,15H,7-11H2,1-4H3;1-2H3. The van der Waals surface area contributed by atoms with E-state index >= 15 is 0 Å². The lowest BCUT2D eigenvalue weighted by Gasteiger charge is -2.42. The minimum absolute atomic E-state index is 0.574. The predicted octanol–water partition coefficient (Wildman–Crippen LogP) is 6.14. The molecule has 1 saturated carbocycles. The summed E-state index contributed by atoms with van der Waals surface area (Å²) < 4.78 is 0. The monoisotopic (exact) mass is 248 g/mol. The van der Waals surface area contributed by atoms with Crippen molar-refractivity contribution < 1.29 is 0 Å². The van der Waals surface area contributed by atoms with E-state index in [1.165, 1.54) is 37.7 Å². The molecule has 0 heterocycles. The van der Waals surface area contributed by atoms with E-state index in [0.717, 1.165) is 11.8 Å². The Balaban J connectivity index is 0.000000771. The minimum Gasteiger partial charge on any atom is -0.0803 e. The Labute approximate surface area is 115 Å². The summed E-state index contributed by atoms with van der Waals surface area (Å²) in [7, 11) is 0. The van der Waals surface area contributed by atoms with Gasteiger partial charge >= 0.3 is 0 Å². The van der Waals surface area contributed by atoms with Gasteiger partial charge in [-0.1, -0.05) is 63.8 Å². The third-order valence-electron chi connectivity index (χ3n) is 5.09. The first-order valence-corrected chi connectivity index (χ1v) is 7.86. The van der Waals surface area contributed by atoms with E-state index in [1.54, 1.807) is 5.57 Å². The van der Waals surface area contributed by atoms with Crippen LogP contribution in [0.5, 0.6) is 0 Å². The van der Waals surface area contributed by atoms with Gasteiger partial charge in [-0.3, -0.25) is 0 Å². The zero-order valence-corrected chi connectivity index (χ0v) is 13.3. The summed E-state index contributed by atoms with van der Waals surface area (Å²) in [5, 5.41) is 0. The molecular weight excluding hydrogens is 216 g/mol. The van der Waals surface area contributed by atoms with Crippen LogP contribution in [0.3, 0.4) is 0 Å². The molecule has 0 bridgehead atoms. The SMILES string of the molecule is CC.CC1=C(C)CC(C2(C)CCC(C)CC2)C=C1. The van der Waals surface area contributed by atoms with Crippen molar-refractivity contribution >= 4 is 0 Å². The summed E-state index contributed by atoms with van der Waals surface area (Å²) in [4.78, 5) is 0. The molecule has 0 amide bonds. The van der Waals surface area contributed by atoms with E-state index < -0.39 is 0 Å². The summed E-state index contributed by atoms with van der Waals surface area (Å²) in [6.07, 6.45) is 11.9. The third-order valence-corrected chi connectivity index (χ3v) is 5.09. The van der Waals surface area contributed by atoms with Gasteiger partial charge in [0.25, 0.3) is 0 Å². The molecule has 0 aromatic carbocycles. The van der Waals surface area contributed by atoms with Gasteiger partial charge in [0.2, 0.25) is 0 Å². The first-order valence-electron chi connectivity index (χ1n) is 7.86. The van der Waals surface area contributed by atoms with E-state index in [4.69, 9.17) is 0 Å². The van der Waals surface area contributed by atoms with Crippen LogP contribution in [0.4, 0.5) is 0 Å². The number of hydrogen-bond acceptors (Lipinski definition) is 0. The molecule has 0 spiro atoms. The lowest BCUT2D eigenvalue weighted by Crippen LogP contribution is -2.31. The van der Waals surface area contributed by atoms with Crippen molar-refractivity contribution in [3.8, 4) is 0 Å². The normalized spacial score (nSPS) is 36.1. The molecule has 0 aliphatic heterocycles. The summed E-state index contributed by atoms with van der Waals surface area (Å²) in [5.41, 5.74) is 3.67. The van der Waals surface area contributed by atoms with Crippen LogP contribution in [0, 0.1) is 17.3 Å². The van der Waals surface area contributed by atoms with Crippen molar-refractivity contribution in [3.05, 3.63) is 23.3 Å². The van der Waals surface area contributed by atoms with Gasteiger partial charge in [-0.05, 0) is 50.4 Å². The third kappa shape index (κ3) is 3.49. The quantitative estimate of drug-likeness (QED) is 0.522. The molecule has 0 heteroatoms. The van der Waals surface area contributed by atoms with Crippen LogP contribution >= 0.6 is 0 Å². The van der Waals surface area contributed by atoms with Crippen LogP contribution < -0.4 is 0 Å². The van der Waals surface area contributed by atoms with E-state index in [9.17, 15) is 0 Å². The predicted molar refractivity (Wildman–Crippen MR) is 82.7 cm³/mol. The highest BCUT2D eigenvalue weighted by molar-refractivity contribution is 5.28. The Morgan fingerprint density at radius 2 is 1.67 bits per heavy atom. The van der Waals surface area contributed by atoms with E-state index in [1.807, 2.05) is 13.8 Å². The van der Waals surface area contributed by atoms with Crippen LogP contribution in [0.25, 0.3) is 0 Å². The van der Waals surface area contributed by atoms with Crippen molar-refractivity contribution in [1.29, 1.82) is 0 Å². The topological polar surface area (TPSA) is 0 Å². The van der Waals surface area contributed by atoms with E-state index in [2.05, 4.69) is 39.8 Å². The highest BCUT2D eigenvalue weighted by Crippen LogP contribution is 2.47. The molecule has 1 fully saturated rings. The van der Waals surface area contributed by atoms with Crippen molar-refractivity contribution in [1.82, 2.24) is 0 Å². The summed E-state index contributed by atoms with van der Waals surface area (Å²) in [6.45, 7) is 13.5. The van der Waals surface area contributed by atoms with Gasteiger partial charge in [0.15, 0.2) is 0 Å². The summed E-state index contributed by atoms with van der Waals surface area (Å²) >= 11 is 0. The number of hydrogen-bond donors (Lipinski definition) is 0. The highest BCUT2D eigenvalue weighted by Gasteiger charge is 2.36. The van der Waals surface area contributed by atoms with Crippen LogP contribution in [0.15, 0.2) is 23.3 Å². The zero-order chi connectivity index (χ0) is 13.8. The molecule has 0 aromatic rings. The molecule has 2 aliphatic rings. The van der Waals surface area contributed by atoms with Gasteiger partial charge in [0.1, 0.15) is 0 Å². The second kappa shape index (κ2) is 6.59. The van der Waals surface area contributed by atoms with Crippen molar-refractivity contribution in [2.24, 2.45) is 17.3 Å². The lowest BCUT2D eigenvalue weighted by atomic mass is 9.62.